The first kappa shape index (κ1) is 33.0. The number of hydrogen-bond donors (Lipinski definition) is 0. The summed E-state index contributed by atoms with van der Waals surface area (Å²) in [6.45, 7) is 19.9. The Kier molecular flexibility index (Phi) is 13.7. The monoisotopic (exact) mass is 514 g/mol. The lowest BCUT2D eigenvalue weighted by molar-refractivity contribution is -0.154. The van der Waals surface area contributed by atoms with Crippen LogP contribution in [0.5, 0.6) is 0 Å². The molecule has 3 atom stereocenters. The SMILES string of the molecule is CCOC(=O)/C(C)=C(\C(=O)OC(C)(C)C)[C@@H](CC(=O)O[C@H](C)[C@H](C)C=O)O[Si](CC)(CC)C(C)C. The van der Waals surface area contributed by atoms with Crippen LogP contribution in [0.1, 0.15) is 82.6 Å². The largest absolute Gasteiger partial charge is 0.463 e. The van der Waals surface area contributed by atoms with Crippen LogP contribution in [0.4, 0.5) is 0 Å². The van der Waals surface area contributed by atoms with Crippen LogP contribution >= 0.6 is 0 Å². The average molecular weight is 515 g/mol. The van der Waals surface area contributed by atoms with Crippen LogP contribution in [0, 0.1) is 5.92 Å². The van der Waals surface area contributed by atoms with Gasteiger partial charge in [-0.1, -0.05) is 34.6 Å². The van der Waals surface area contributed by atoms with Crippen molar-refractivity contribution >= 4 is 32.5 Å². The molecular formula is C26H46O8Si. The summed E-state index contributed by atoms with van der Waals surface area (Å²) in [5.41, 5.74) is -0.649. The molecule has 0 saturated carbocycles. The second-order valence-corrected chi connectivity index (χ2v) is 15.1. The molecule has 0 aromatic carbocycles. The van der Waals surface area contributed by atoms with Gasteiger partial charge >= 0.3 is 17.9 Å². The highest BCUT2D eigenvalue weighted by molar-refractivity contribution is 6.75. The van der Waals surface area contributed by atoms with Crippen LogP contribution in [0.3, 0.4) is 0 Å². The van der Waals surface area contributed by atoms with Crippen LogP contribution in [0.2, 0.25) is 17.6 Å². The van der Waals surface area contributed by atoms with Crippen molar-refractivity contribution in [2.75, 3.05) is 6.61 Å². The van der Waals surface area contributed by atoms with Crippen molar-refractivity contribution in [3.63, 3.8) is 0 Å². The number of carbonyl (C=O) groups excluding carboxylic acids is 4. The molecule has 0 saturated heterocycles. The van der Waals surface area contributed by atoms with E-state index in [1.807, 2.05) is 13.8 Å². The summed E-state index contributed by atoms with van der Waals surface area (Å²) in [4.78, 5) is 50.2. The molecule has 0 aliphatic rings. The van der Waals surface area contributed by atoms with E-state index in [4.69, 9.17) is 18.6 Å². The summed E-state index contributed by atoms with van der Waals surface area (Å²) in [6, 6.07) is 1.51. The van der Waals surface area contributed by atoms with Crippen molar-refractivity contribution in [2.45, 2.75) is 118 Å². The maximum atomic E-state index is 13.4. The average Bonchev–Trinajstić information content (AvgIpc) is 2.75. The van der Waals surface area contributed by atoms with Crippen LogP contribution in [0.15, 0.2) is 11.1 Å². The predicted octanol–water partition coefficient (Wildman–Crippen LogP) is 5.15. The molecule has 0 aromatic heterocycles. The molecule has 0 heterocycles. The first-order valence-corrected chi connectivity index (χ1v) is 14.9. The molecule has 0 rings (SSSR count). The zero-order chi connectivity index (χ0) is 27.6. The molecule has 0 spiro atoms. The van der Waals surface area contributed by atoms with Gasteiger partial charge in [-0.2, -0.15) is 0 Å². The second-order valence-electron chi connectivity index (χ2n) is 10.2. The third-order valence-corrected chi connectivity index (χ3v) is 11.4. The van der Waals surface area contributed by atoms with Gasteiger partial charge in [0.15, 0.2) is 8.32 Å². The summed E-state index contributed by atoms with van der Waals surface area (Å²) in [5, 5.41) is 0. The Morgan fingerprint density at radius 2 is 1.49 bits per heavy atom. The van der Waals surface area contributed by atoms with E-state index in [-0.39, 0.29) is 29.7 Å². The van der Waals surface area contributed by atoms with Crippen LogP contribution < -0.4 is 0 Å². The molecular weight excluding hydrogens is 468 g/mol. The lowest BCUT2D eigenvalue weighted by Gasteiger charge is -2.38. The minimum absolute atomic E-state index is 0.0343. The topological polar surface area (TPSA) is 105 Å². The molecule has 0 bridgehead atoms. The molecule has 0 aromatic rings. The molecule has 35 heavy (non-hydrogen) atoms. The highest BCUT2D eigenvalue weighted by Crippen LogP contribution is 2.35. The summed E-state index contributed by atoms with van der Waals surface area (Å²) in [6.07, 6.45) is -1.30. The van der Waals surface area contributed by atoms with Gasteiger partial charge in [0.25, 0.3) is 0 Å². The second kappa shape index (κ2) is 14.5. The molecule has 0 radical (unpaired) electrons. The van der Waals surface area contributed by atoms with Gasteiger partial charge in [-0.3, -0.25) is 4.79 Å². The van der Waals surface area contributed by atoms with Crippen molar-refractivity contribution in [3.8, 4) is 0 Å². The summed E-state index contributed by atoms with van der Waals surface area (Å²) in [5.74, 6) is -2.54. The van der Waals surface area contributed by atoms with Crippen LogP contribution in [0.25, 0.3) is 0 Å². The molecule has 0 N–H and O–H groups in total. The zero-order valence-electron chi connectivity index (χ0n) is 23.5. The number of hydrogen-bond acceptors (Lipinski definition) is 8. The highest BCUT2D eigenvalue weighted by atomic mass is 28.4. The van der Waals surface area contributed by atoms with E-state index >= 15 is 0 Å². The minimum atomic E-state index is -2.44. The molecule has 0 aliphatic heterocycles. The Labute approximate surface area is 212 Å². The minimum Gasteiger partial charge on any atom is -0.463 e. The predicted molar refractivity (Wildman–Crippen MR) is 137 cm³/mol. The van der Waals surface area contributed by atoms with E-state index in [0.29, 0.717) is 6.29 Å². The maximum Gasteiger partial charge on any atom is 0.337 e. The fourth-order valence-electron chi connectivity index (χ4n) is 3.69. The number of esters is 3. The summed E-state index contributed by atoms with van der Waals surface area (Å²) < 4.78 is 22.9. The zero-order valence-corrected chi connectivity index (χ0v) is 24.5. The van der Waals surface area contributed by atoms with E-state index in [1.165, 1.54) is 6.92 Å². The molecule has 9 heteroatoms. The highest BCUT2D eigenvalue weighted by Gasteiger charge is 2.42. The van der Waals surface area contributed by atoms with E-state index in [1.54, 1.807) is 41.5 Å². The standard InChI is InChI=1S/C26H46O8Si/c1-12-31-24(29)19(7)23(25(30)33-26(9,10)11)21(34-35(13-2,14-3)17(4)5)15-22(28)32-20(8)18(6)16-27/h16-18,20-21H,12-15H2,1-11H3/b23-19-/t18-,20-,21-/m1/s1. The van der Waals surface area contributed by atoms with E-state index in [2.05, 4.69) is 13.8 Å². The molecule has 0 unspecified atom stereocenters. The van der Waals surface area contributed by atoms with E-state index in [9.17, 15) is 19.2 Å². The number of ether oxygens (including phenoxy) is 3. The van der Waals surface area contributed by atoms with Gasteiger partial charge in [0.1, 0.15) is 18.0 Å². The number of carbonyl (C=O) groups is 4. The third-order valence-electron chi connectivity index (χ3n) is 6.18. The molecule has 8 nitrogen and oxygen atoms in total. The van der Waals surface area contributed by atoms with Crippen molar-refractivity contribution in [2.24, 2.45) is 5.92 Å². The third kappa shape index (κ3) is 10.3. The van der Waals surface area contributed by atoms with Gasteiger partial charge in [-0.05, 0) is 59.2 Å². The lowest BCUT2D eigenvalue weighted by Crippen LogP contribution is -2.46. The molecule has 202 valence electrons. The smallest absolute Gasteiger partial charge is 0.337 e. The van der Waals surface area contributed by atoms with Gasteiger partial charge in [0.05, 0.1) is 24.7 Å². The fourth-order valence-corrected chi connectivity index (χ4v) is 7.19. The quantitative estimate of drug-likeness (QED) is 0.103. The fraction of sp³-hybridized carbons (Fsp3) is 0.769. The first-order chi connectivity index (χ1) is 16.1. The Morgan fingerprint density at radius 3 is 1.89 bits per heavy atom. The maximum absolute atomic E-state index is 13.4. The molecule has 0 amide bonds. The van der Waals surface area contributed by atoms with Gasteiger partial charge < -0.3 is 23.4 Å². The van der Waals surface area contributed by atoms with Crippen LogP contribution in [-0.4, -0.2) is 56.9 Å². The van der Waals surface area contributed by atoms with Gasteiger partial charge in [0, 0.05) is 11.5 Å². The Morgan fingerprint density at radius 1 is 0.943 bits per heavy atom. The normalized spacial score (nSPS) is 15.5. The van der Waals surface area contributed by atoms with E-state index in [0.717, 1.165) is 12.1 Å². The van der Waals surface area contributed by atoms with Gasteiger partial charge in [0.2, 0.25) is 0 Å². The van der Waals surface area contributed by atoms with Crippen molar-refractivity contribution < 1.29 is 37.8 Å². The lowest BCUT2D eigenvalue weighted by atomic mass is 10.0. The Balaban J connectivity index is 6.69. The number of aldehydes is 1. The van der Waals surface area contributed by atoms with Gasteiger partial charge in [-0.25, -0.2) is 9.59 Å². The summed E-state index contributed by atoms with van der Waals surface area (Å²) in [7, 11) is -2.44. The number of rotatable bonds is 14. The van der Waals surface area contributed by atoms with Crippen molar-refractivity contribution in [1.82, 2.24) is 0 Å². The Hall–Kier alpha value is -2.00. The van der Waals surface area contributed by atoms with Crippen molar-refractivity contribution in [1.29, 1.82) is 0 Å². The van der Waals surface area contributed by atoms with Crippen molar-refractivity contribution in [3.05, 3.63) is 11.1 Å². The Bertz CT molecular complexity index is 762. The first-order valence-electron chi connectivity index (χ1n) is 12.5. The van der Waals surface area contributed by atoms with E-state index < -0.39 is 50.0 Å². The molecule has 0 fully saturated rings. The van der Waals surface area contributed by atoms with Gasteiger partial charge in [-0.15, -0.1) is 0 Å². The summed E-state index contributed by atoms with van der Waals surface area (Å²) >= 11 is 0. The molecule has 0 aliphatic carbocycles. The van der Waals surface area contributed by atoms with Crippen LogP contribution in [-0.2, 0) is 37.8 Å².